The van der Waals surface area contributed by atoms with E-state index in [9.17, 15) is 24.3 Å². The van der Waals surface area contributed by atoms with E-state index in [2.05, 4.69) is 4.74 Å². The molecule has 0 amide bonds. The van der Waals surface area contributed by atoms with E-state index in [0.717, 1.165) is 20.8 Å². The number of esters is 3. The van der Waals surface area contributed by atoms with Gasteiger partial charge in [-0.1, -0.05) is 0 Å². The van der Waals surface area contributed by atoms with Crippen LogP contribution in [0, 0.1) is 0 Å². The third-order valence-corrected chi connectivity index (χ3v) is 2.30. The summed E-state index contributed by atoms with van der Waals surface area (Å²) in [6.45, 7) is 2.72. The summed E-state index contributed by atoms with van der Waals surface area (Å²) in [4.78, 5) is 43.6. The number of hydrogen-bond acceptors (Lipinski definition) is 9. The van der Waals surface area contributed by atoms with E-state index in [-0.39, 0.29) is 6.29 Å². The van der Waals surface area contributed by atoms with E-state index in [0.29, 0.717) is 0 Å². The van der Waals surface area contributed by atoms with Crippen molar-refractivity contribution in [3.05, 3.63) is 0 Å². The molecule has 0 aliphatic rings. The molecule has 0 rings (SSSR count). The molecule has 9 heteroatoms. The Labute approximate surface area is 121 Å². The van der Waals surface area contributed by atoms with Gasteiger partial charge >= 0.3 is 17.9 Å². The molecule has 0 bridgehead atoms. The van der Waals surface area contributed by atoms with Gasteiger partial charge in [-0.3, -0.25) is 14.4 Å². The lowest BCUT2D eigenvalue weighted by Gasteiger charge is -2.31. The van der Waals surface area contributed by atoms with Crippen LogP contribution in [0.3, 0.4) is 0 Å². The lowest BCUT2D eigenvalue weighted by atomic mass is 10.0. The summed E-state index contributed by atoms with van der Waals surface area (Å²) in [5.74, 6) is -2.24. The SMILES string of the molecule is CC(=O)OC[C@@H](O)[C@H](OC(C)=O)[C@H](OC(C)=O)[C@@H](N)C=O. The zero-order valence-electron chi connectivity index (χ0n) is 12.0. The molecule has 0 unspecified atom stereocenters. The highest BCUT2D eigenvalue weighted by atomic mass is 16.6. The van der Waals surface area contributed by atoms with Crippen molar-refractivity contribution in [1.82, 2.24) is 0 Å². The van der Waals surface area contributed by atoms with Crippen LogP contribution < -0.4 is 5.73 Å². The lowest BCUT2D eigenvalue weighted by molar-refractivity contribution is -0.181. The Bertz CT molecular complexity index is 397. The van der Waals surface area contributed by atoms with Gasteiger partial charge in [-0.15, -0.1) is 0 Å². The molecule has 0 aromatic rings. The summed E-state index contributed by atoms with van der Waals surface area (Å²) in [7, 11) is 0. The first kappa shape index (κ1) is 19.0. The molecule has 0 saturated carbocycles. The Kier molecular flexibility index (Phi) is 8.17. The average molecular weight is 305 g/mol. The van der Waals surface area contributed by atoms with Gasteiger partial charge in [-0.05, 0) is 0 Å². The van der Waals surface area contributed by atoms with Crippen LogP contribution in [-0.4, -0.2) is 60.3 Å². The number of carbonyl (C=O) groups excluding carboxylic acids is 4. The van der Waals surface area contributed by atoms with Crippen molar-refractivity contribution in [2.75, 3.05) is 6.61 Å². The lowest BCUT2D eigenvalue weighted by Crippen LogP contribution is -2.54. The Morgan fingerprint density at radius 3 is 1.90 bits per heavy atom. The molecule has 0 aliphatic heterocycles. The predicted molar refractivity (Wildman–Crippen MR) is 67.8 cm³/mol. The molecule has 3 N–H and O–H groups in total. The number of aldehydes is 1. The van der Waals surface area contributed by atoms with Gasteiger partial charge in [0.15, 0.2) is 12.2 Å². The van der Waals surface area contributed by atoms with Crippen LogP contribution in [0.2, 0.25) is 0 Å². The Hall–Kier alpha value is -2.00. The second-order valence-corrected chi connectivity index (χ2v) is 4.23. The molecular weight excluding hydrogens is 286 g/mol. The average Bonchev–Trinajstić information content (AvgIpc) is 2.38. The number of carbonyl (C=O) groups is 4. The molecule has 0 aliphatic carbocycles. The minimum atomic E-state index is -1.52. The first-order valence-corrected chi connectivity index (χ1v) is 6.05. The van der Waals surface area contributed by atoms with Gasteiger partial charge < -0.3 is 29.8 Å². The summed E-state index contributed by atoms with van der Waals surface area (Å²) in [6, 6.07) is -1.33. The minimum Gasteiger partial charge on any atom is -0.463 e. The fourth-order valence-electron chi connectivity index (χ4n) is 1.49. The Morgan fingerprint density at radius 1 is 1.05 bits per heavy atom. The van der Waals surface area contributed by atoms with E-state index >= 15 is 0 Å². The van der Waals surface area contributed by atoms with E-state index < -0.39 is 48.9 Å². The summed E-state index contributed by atoms with van der Waals surface area (Å²) in [5, 5.41) is 9.92. The molecule has 0 aromatic heterocycles. The number of nitrogens with two attached hydrogens (primary N) is 1. The number of rotatable bonds is 8. The molecule has 0 spiro atoms. The monoisotopic (exact) mass is 305 g/mol. The van der Waals surface area contributed by atoms with Crippen LogP contribution in [0.5, 0.6) is 0 Å². The van der Waals surface area contributed by atoms with Crippen molar-refractivity contribution < 1.29 is 38.5 Å². The van der Waals surface area contributed by atoms with Crippen LogP contribution >= 0.6 is 0 Å². The first-order chi connectivity index (χ1) is 9.68. The largest absolute Gasteiger partial charge is 0.463 e. The van der Waals surface area contributed by atoms with E-state index in [1.54, 1.807) is 0 Å². The highest BCUT2D eigenvalue weighted by molar-refractivity contribution is 5.69. The van der Waals surface area contributed by atoms with Gasteiger partial charge in [0.2, 0.25) is 0 Å². The third kappa shape index (κ3) is 7.37. The summed E-state index contributed by atoms with van der Waals surface area (Å²) in [5.41, 5.74) is 5.48. The van der Waals surface area contributed by atoms with Crippen molar-refractivity contribution in [2.24, 2.45) is 5.73 Å². The zero-order valence-corrected chi connectivity index (χ0v) is 12.0. The van der Waals surface area contributed by atoms with Crippen LogP contribution in [0.4, 0.5) is 0 Å². The predicted octanol–water partition coefficient (Wildman–Crippen LogP) is -1.70. The number of aliphatic hydroxyl groups is 1. The maximum absolute atomic E-state index is 11.1. The van der Waals surface area contributed by atoms with Crippen LogP contribution in [-0.2, 0) is 33.4 Å². The maximum Gasteiger partial charge on any atom is 0.303 e. The van der Waals surface area contributed by atoms with E-state index in [4.69, 9.17) is 15.2 Å². The second kappa shape index (κ2) is 9.03. The molecule has 0 aromatic carbocycles. The number of ether oxygens (including phenoxy) is 3. The zero-order chi connectivity index (χ0) is 16.6. The van der Waals surface area contributed by atoms with Gasteiger partial charge in [-0.2, -0.15) is 0 Å². The van der Waals surface area contributed by atoms with Gasteiger partial charge in [0.25, 0.3) is 0 Å². The summed E-state index contributed by atoms with van der Waals surface area (Å²) >= 11 is 0. The molecule has 0 heterocycles. The van der Waals surface area contributed by atoms with Gasteiger partial charge in [0.1, 0.15) is 25.0 Å². The van der Waals surface area contributed by atoms with Crippen molar-refractivity contribution >= 4 is 24.2 Å². The molecule has 0 saturated heterocycles. The minimum absolute atomic E-state index is 0.280. The van der Waals surface area contributed by atoms with Crippen molar-refractivity contribution in [1.29, 1.82) is 0 Å². The van der Waals surface area contributed by atoms with Crippen LogP contribution in [0.1, 0.15) is 20.8 Å². The van der Waals surface area contributed by atoms with Crippen molar-refractivity contribution in [2.45, 2.75) is 45.1 Å². The highest BCUT2D eigenvalue weighted by Crippen LogP contribution is 2.13. The molecule has 0 radical (unpaired) electrons. The molecular formula is C12H19NO8. The van der Waals surface area contributed by atoms with E-state index in [1.165, 1.54) is 0 Å². The van der Waals surface area contributed by atoms with Crippen LogP contribution in [0.25, 0.3) is 0 Å². The second-order valence-electron chi connectivity index (χ2n) is 4.23. The first-order valence-electron chi connectivity index (χ1n) is 6.05. The van der Waals surface area contributed by atoms with Crippen LogP contribution in [0.15, 0.2) is 0 Å². The van der Waals surface area contributed by atoms with Gasteiger partial charge in [-0.25, -0.2) is 0 Å². The number of aliphatic hydroxyl groups excluding tert-OH is 1. The normalized spacial score (nSPS) is 16.0. The van der Waals surface area contributed by atoms with Gasteiger partial charge in [0.05, 0.1) is 0 Å². The van der Waals surface area contributed by atoms with Gasteiger partial charge in [0, 0.05) is 20.8 Å². The topological polar surface area (TPSA) is 142 Å². The molecule has 4 atom stereocenters. The van der Waals surface area contributed by atoms with E-state index in [1.807, 2.05) is 0 Å². The third-order valence-electron chi connectivity index (χ3n) is 2.30. The molecule has 9 nitrogen and oxygen atoms in total. The highest BCUT2D eigenvalue weighted by Gasteiger charge is 2.38. The maximum atomic E-state index is 11.1. The smallest absolute Gasteiger partial charge is 0.303 e. The number of hydrogen-bond donors (Lipinski definition) is 2. The quantitative estimate of drug-likeness (QED) is 0.304. The standard InChI is InChI=1S/C12H19NO8/c1-6(15)19-5-10(18)12(21-8(3)17)11(9(13)4-14)20-7(2)16/h4,9-12,18H,5,13H2,1-3H3/t9-,10+,11+,12-/m0/s1. The summed E-state index contributed by atoms with van der Waals surface area (Å²) in [6.07, 6.45) is -4.10. The molecule has 120 valence electrons. The summed E-state index contributed by atoms with van der Waals surface area (Å²) < 4.78 is 14.2. The molecule has 0 fully saturated rings. The van der Waals surface area contributed by atoms with Crippen molar-refractivity contribution in [3.63, 3.8) is 0 Å². The fourth-order valence-corrected chi connectivity index (χ4v) is 1.49. The molecule has 21 heavy (non-hydrogen) atoms. The Balaban J connectivity index is 5.18. The van der Waals surface area contributed by atoms with Crippen molar-refractivity contribution in [3.8, 4) is 0 Å². The fraction of sp³-hybridized carbons (Fsp3) is 0.667. The Morgan fingerprint density at radius 2 is 1.52 bits per heavy atom.